The smallest absolute Gasteiger partial charge is 0.291 e. The van der Waals surface area contributed by atoms with E-state index in [0.29, 0.717) is 27.6 Å². The molecular weight excluding hydrogens is 419 g/mol. The van der Waals surface area contributed by atoms with Gasteiger partial charge in [-0.25, -0.2) is 9.37 Å². The van der Waals surface area contributed by atoms with Crippen molar-refractivity contribution in [1.82, 2.24) is 4.98 Å². The Hall–Kier alpha value is -3.90. The number of amides is 1. The third-order valence-corrected chi connectivity index (χ3v) is 4.96. The van der Waals surface area contributed by atoms with Crippen molar-refractivity contribution in [2.24, 2.45) is 0 Å². The van der Waals surface area contributed by atoms with E-state index in [1.807, 2.05) is 12.1 Å². The molecule has 0 saturated heterocycles. The van der Waals surface area contributed by atoms with Gasteiger partial charge in [-0.15, -0.1) is 0 Å². The van der Waals surface area contributed by atoms with Crippen LogP contribution in [0.25, 0.3) is 33.9 Å². The highest BCUT2D eigenvalue weighted by Gasteiger charge is 2.15. The van der Waals surface area contributed by atoms with Gasteiger partial charge < -0.3 is 14.2 Å². The topological polar surface area (TPSA) is 68.3 Å². The summed E-state index contributed by atoms with van der Waals surface area (Å²) < 4.78 is 25.3. The first-order valence-corrected chi connectivity index (χ1v) is 9.77. The monoisotopic (exact) mass is 432 g/mol. The van der Waals surface area contributed by atoms with Crippen molar-refractivity contribution >= 4 is 34.3 Å². The van der Waals surface area contributed by atoms with Gasteiger partial charge in [-0.05, 0) is 66.7 Å². The first-order chi connectivity index (χ1) is 15.1. The lowest BCUT2D eigenvalue weighted by Crippen LogP contribution is -2.10. The molecule has 1 amide bonds. The van der Waals surface area contributed by atoms with E-state index in [0.717, 1.165) is 5.56 Å². The second-order valence-corrected chi connectivity index (χ2v) is 7.24. The number of aromatic nitrogens is 1. The summed E-state index contributed by atoms with van der Waals surface area (Å²) in [6.45, 7) is 0. The Bertz CT molecular complexity index is 1410. The molecule has 0 unspecified atom stereocenters. The molecule has 0 spiro atoms. The molecule has 0 fully saturated rings. The van der Waals surface area contributed by atoms with Crippen LogP contribution in [0.1, 0.15) is 10.6 Å². The molecule has 0 aliphatic heterocycles. The van der Waals surface area contributed by atoms with Crippen LogP contribution in [0.3, 0.4) is 0 Å². The number of carbonyl (C=O) groups is 1. The summed E-state index contributed by atoms with van der Waals surface area (Å²) >= 11 is 5.91. The minimum Gasteiger partial charge on any atom is -0.451 e. The highest BCUT2D eigenvalue weighted by Crippen LogP contribution is 2.28. The second kappa shape index (κ2) is 7.74. The van der Waals surface area contributed by atoms with E-state index in [2.05, 4.69) is 10.3 Å². The summed E-state index contributed by atoms with van der Waals surface area (Å²) in [7, 11) is 0. The minimum absolute atomic E-state index is 0.164. The summed E-state index contributed by atoms with van der Waals surface area (Å²) in [6, 6.07) is 21.7. The maximum absolute atomic E-state index is 14.0. The standard InChI is InChI=1S/C24H14ClFN2O3/c25-15-7-5-14(6-8-15)20-11-12-22(30-20)23(29)27-16-9-10-21-19(13-16)28-24(31-21)17-3-1-2-4-18(17)26/h1-13H,(H,27,29). The zero-order chi connectivity index (χ0) is 21.4. The summed E-state index contributed by atoms with van der Waals surface area (Å²) in [4.78, 5) is 16.9. The van der Waals surface area contributed by atoms with Crippen molar-refractivity contribution in [3.05, 3.63) is 95.5 Å². The Morgan fingerprint density at radius 3 is 2.55 bits per heavy atom. The molecule has 152 valence electrons. The number of anilines is 1. The lowest BCUT2D eigenvalue weighted by molar-refractivity contribution is 0.0997. The maximum atomic E-state index is 14.0. The average Bonchev–Trinajstić information content (AvgIpc) is 3.42. The summed E-state index contributed by atoms with van der Waals surface area (Å²) in [5.41, 5.74) is 2.58. The van der Waals surface area contributed by atoms with E-state index >= 15 is 0 Å². The number of benzene rings is 3. The van der Waals surface area contributed by atoms with Gasteiger partial charge in [0, 0.05) is 16.3 Å². The van der Waals surface area contributed by atoms with Crippen LogP contribution in [0.15, 0.2) is 87.7 Å². The number of oxazole rings is 1. The van der Waals surface area contributed by atoms with Crippen molar-refractivity contribution in [3.63, 3.8) is 0 Å². The van der Waals surface area contributed by atoms with Crippen LogP contribution in [0.4, 0.5) is 10.1 Å². The van der Waals surface area contributed by atoms with Gasteiger partial charge in [-0.2, -0.15) is 0 Å². The molecule has 5 nitrogen and oxygen atoms in total. The maximum Gasteiger partial charge on any atom is 0.291 e. The fourth-order valence-electron chi connectivity index (χ4n) is 3.18. The molecule has 1 N–H and O–H groups in total. The molecule has 0 aliphatic carbocycles. The molecule has 0 aliphatic rings. The lowest BCUT2D eigenvalue weighted by atomic mass is 10.2. The number of hydrogen-bond donors (Lipinski definition) is 1. The van der Waals surface area contributed by atoms with Gasteiger partial charge >= 0.3 is 0 Å². The Morgan fingerprint density at radius 2 is 1.74 bits per heavy atom. The number of fused-ring (bicyclic) bond motifs is 1. The van der Waals surface area contributed by atoms with Gasteiger partial charge in [-0.1, -0.05) is 23.7 Å². The summed E-state index contributed by atoms with van der Waals surface area (Å²) in [5, 5.41) is 3.40. The number of hydrogen-bond acceptors (Lipinski definition) is 4. The highest BCUT2D eigenvalue weighted by atomic mass is 35.5. The van der Waals surface area contributed by atoms with Crippen LogP contribution >= 0.6 is 11.6 Å². The van der Waals surface area contributed by atoms with Gasteiger partial charge in [-0.3, -0.25) is 4.79 Å². The quantitative estimate of drug-likeness (QED) is 0.339. The molecule has 5 aromatic rings. The van der Waals surface area contributed by atoms with Gasteiger partial charge in [0.05, 0.1) is 5.56 Å². The van der Waals surface area contributed by atoms with Gasteiger partial charge in [0.1, 0.15) is 17.1 Å². The predicted octanol–water partition coefficient (Wildman–Crippen LogP) is 6.80. The predicted molar refractivity (Wildman–Crippen MR) is 117 cm³/mol. The van der Waals surface area contributed by atoms with Gasteiger partial charge in [0.25, 0.3) is 5.91 Å². The zero-order valence-electron chi connectivity index (χ0n) is 15.9. The minimum atomic E-state index is -0.420. The normalized spacial score (nSPS) is 11.0. The van der Waals surface area contributed by atoms with Crippen LogP contribution in [0.2, 0.25) is 5.02 Å². The Labute approximate surface area is 181 Å². The molecule has 2 heterocycles. The number of furan rings is 1. The van der Waals surface area contributed by atoms with Crippen LogP contribution < -0.4 is 5.32 Å². The average molecular weight is 433 g/mol. The first kappa shape index (κ1) is 19.1. The first-order valence-electron chi connectivity index (χ1n) is 9.39. The molecule has 7 heteroatoms. The largest absolute Gasteiger partial charge is 0.451 e. The fourth-order valence-corrected chi connectivity index (χ4v) is 3.30. The lowest BCUT2D eigenvalue weighted by Gasteiger charge is -2.02. The highest BCUT2D eigenvalue weighted by molar-refractivity contribution is 6.30. The SMILES string of the molecule is O=C(Nc1ccc2oc(-c3ccccc3F)nc2c1)c1ccc(-c2ccc(Cl)cc2)o1. The van der Waals surface area contributed by atoms with E-state index in [4.69, 9.17) is 20.4 Å². The molecule has 0 bridgehead atoms. The fraction of sp³-hybridized carbons (Fsp3) is 0. The van der Waals surface area contributed by atoms with Crippen molar-refractivity contribution in [3.8, 4) is 22.8 Å². The van der Waals surface area contributed by atoms with Crippen molar-refractivity contribution < 1.29 is 18.0 Å². The van der Waals surface area contributed by atoms with E-state index in [-0.39, 0.29) is 17.2 Å². The third-order valence-electron chi connectivity index (χ3n) is 4.71. The van der Waals surface area contributed by atoms with E-state index < -0.39 is 11.7 Å². The molecule has 2 aromatic heterocycles. The Balaban J connectivity index is 1.37. The summed E-state index contributed by atoms with van der Waals surface area (Å²) in [5.74, 6) is 0.0741. The van der Waals surface area contributed by atoms with Gasteiger partial charge in [0.2, 0.25) is 5.89 Å². The second-order valence-electron chi connectivity index (χ2n) is 6.81. The van der Waals surface area contributed by atoms with Crippen LogP contribution in [0.5, 0.6) is 0 Å². The third kappa shape index (κ3) is 3.81. The van der Waals surface area contributed by atoms with E-state index in [9.17, 15) is 9.18 Å². The Kier molecular flexibility index (Phi) is 4.76. The van der Waals surface area contributed by atoms with E-state index in [1.165, 1.54) is 6.07 Å². The van der Waals surface area contributed by atoms with Crippen LogP contribution in [-0.2, 0) is 0 Å². The van der Waals surface area contributed by atoms with Crippen molar-refractivity contribution in [1.29, 1.82) is 0 Å². The molecule has 0 saturated carbocycles. The van der Waals surface area contributed by atoms with Gasteiger partial charge in [0.15, 0.2) is 11.3 Å². The number of rotatable bonds is 4. The number of nitrogens with zero attached hydrogens (tertiary/aromatic N) is 1. The van der Waals surface area contributed by atoms with E-state index in [1.54, 1.807) is 60.7 Å². The number of carbonyl (C=O) groups excluding carboxylic acids is 1. The molecule has 3 aromatic carbocycles. The summed E-state index contributed by atoms with van der Waals surface area (Å²) in [6.07, 6.45) is 0. The zero-order valence-corrected chi connectivity index (χ0v) is 16.7. The Morgan fingerprint density at radius 1 is 0.935 bits per heavy atom. The number of nitrogens with one attached hydrogen (secondary N) is 1. The molecular formula is C24H14ClFN2O3. The molecule has 31 heavy (non-hydrogen) atoms. The molecule has 0 atom stereocenters. The van der Waals surface area contributed by atoms with Crippen LogP contribution in [0, 0.1) is 5.82 Å². The number of halogens is 2. The molecule has 5 rings (SSSR count). The van der Waals surface area contributed by atoms with Crippen molar-refractivity contribution in [2.45, 2.75) is 0 Å². The van der Waals surface area contributed by atoms with Crippen molar-refractivity contribution in [2.75, 3.05) is 5.32 Å². The molecule has 0 radical (unpaired) electrons. The van der Waals surface area contributed by atoms with Crippen LogP contribution in [-0.4, -0.2) is 10.9 Å².